The van der Waals surface area contributed by atoms with E-state index in [0.29, 0.717) is 29.4 Å². The molecule has 25 heavy (non-hydrogen) atoms. The Bertz CT molecular complexity index is 793. The van der Waals surface area contributed by atoms with Crippen molar-refractivity contribution in [2.45, 2.75) is 45.8 Å². The third-order valence-corrected chi connectivity index (χ3v) is 4.56. The van der Waals surface area contributed by atoms with Gasteiger partial charge in [0.1, 0.15) is 5.75 Å². The highest BCUT2D eigenvalue weighted by atomic mass is 19.4. The fourth-order valence-electron chi connectivity index (χ4n) is 3.40. The van der Waals surface area contributed by atoms with Gasteiger partial charge in [-0.1, -0.05) is 6.92 Å². The number of ether oxygens (including phenoxy) is 2. The molecule has 1 heterocycles. The number of nitrogens with zero attached hydrogens (tertiary/aromatic N) is 1. The van der Waals surface area contributed by atoms with Crippen molar-refractivity contribution in [2.75, 3.05) is 14.2 Å². The van der Waals surface area contributed by atoms with Crippen LogP contribution < -0.4 is 4.74 Å². The molecule has 0 amide bonds. The molecule has 0 saturated heterocycles. The summed E-state index contributed by atoms with van der Waals surface area (Å²) in [6, 6.07) is 2.47. The van der Waals surface area contributed by atoms with Crippen LogP contribution in [0.3, 0.4) is 0 Å². The molecule has 0 N–H and O–H groups in total. The maximum atomic E-state index is 13.4. The molecule has 1 unspecified atom stereocenters. The number of halogens is 3. The topological polar surface area (TPSA) is 40.5 Å². The van der Waals surface area contributed by atoms with Gasteiger partial charge in [-0.2, -0.15) is 13.2 Å². The number of esters is 1. The van der Waals surface area contributed by atoms with Crippen molar-refractivity contribution in [2.24, 2.45) is 0 Å². The monoisotopic (exact) mass is 357 g/mol. The average molecular weight is 357 g/mol. The van der Waals surface area contributed by atoms with E-state index in [0.717, 1.165) is 11.8 Å². The minimum Gasteiger partial charge on any atom is -0.496 e. The Labute approximate surface area is 144 Å². The molecule has 2 aromatic rings. The Balaban J connectivity index is 2.89. The predicted octanol–water partition coefficient (Wildman–Crippen LogP) is 4.66. The summed E-state index contributed by atoms with van der Waals surface area (Å²) in [6.07, 6.45) is -4.04. The predicted molar refractivity (Wildman–Crippen MR) is 89.0 cm³/mol. The number of rotatable bonds is 5. The molecule has 0 fully saturated rings. The summed E-state index contributed by atoms with van der Waals surface area (Å²) < 4.78 is 51.7. The van der Waals surface area contributed by atoms with E-state index in [4.69, 9.17) is 9.47 Å². The van der Waals surface area contributed by atoms with E-state index in [-0.39, 0.29) is 5.75 Å². The van der Waals surface area contributed by atoms with Crippen molar-refractivity contribution in [3.05, 3.63) is 29.0 Å². The lowest BCUT2D eigenvalue weighted by Gasteiger charge is -2.15. The molecular weight excluding hydrogens is 335 g/mol. The number of benzene rings is 1. The van der Waals surface area contributed by atoms with Crippen LogP contribution in [0.2, 0.25) is 0 Å². The van der Waals surface area contributed by atoms with Gasteiger partial charge in [-0.3, -0.25) is 4.79 Å². The molecular formula is C18H22F3NO3. The van der Waals surface area contributed by atoms with Gasteiger partial charge in [0, 0.05) is 23.1 Å². The Morgan fingerprint density at radius 3 is 2.32 bits per heavy atom. The SMILES string of the molecule is CCC(C(=O)OC)c1c(C)n(CC)c2cc(C(F)(F)F)c(OC)cc12. The fourth-order valence-corrected chi connectivity index (χ4v) is 3.40. The summed E-state index contributed by atoms with van der Waals surface area (Å²) in [6.45, 7) is 6.00. The van der Waals surface area contributed by atoms with Crippen LogP contribution in [0.25, 0.3) is 10.9 Å². The van der Waals surface area contributed by atoms with Crippen molar-refractivity contribution in [1.82, 2.24) is 4.57 Å². The Morgan fingerprint density at radius 2 is 1.88 bits per heavy atom. The minimum absolute atomic E-state index is 0.255. The van der Waals surface area contributed by atoms with Gasteiger partial charge in [-0.05, 0) is 38.0 Å². The third kappa shape index (κ3) is 3.19. The molecule has 2 rings (SSSR count). The van der Waals surface area contributed by atoms with Crippen molar-refractivity contribution in [3.8, 4) is 5.75 Å². The van der Waals surface area contributed by atoms with E-state index in [1.165, 1.54) is 20.3 Å². The van der Waals surface area contributed by atoms with E-state index < -0.39 is 23.6 Å². The first kappa shape index (κ1) is 19.1. The minimum atomic E-state index is -4.52. The lowest BCUT2D eigenvalue weighted by atomic mass is 9.93. The van der Waals surface area contributed by atoms with Crippen molar-refractivity contribution >= 4 is 16.9 Å². The second-order valence-corrected chi connectivity index (χ2v) is 5.79. The highest BCUT2D eigenvalue weighted by Crippen LogP contribution is 2.42. The van der Waals surface area contributed by atoms with Crippen molar-refractivity contribution in [1.29, 1.82) is 0 Å². The van der Waals surface area contributed by atoms with Gasteiger partial charge in [0.15, 0.2) is 0 Å². The van der Waals surface area contributed by atoms with Crippen LogP contribution >= 0.6 is 0 Å². The number of hydrogen-bond donors (Lipinski definition) is 0. The number of aromatic nitrogens is 1. The van der Waals surface area contributed by atoms with E-state index in [2.05, 4.69) is 0 Å². The van der Waals surface area contributed by atoms with Crippen LogP contribution in [-0.2, 0) is 22.3 Å². The standard InChI is InChI=1S/C18H22F3NO3/c1-6-11(17(23)25-5)16-10(3)22(7-2)14-9-13(18(19,20)21)15(24-4)8-12(14)16/h8-9,11H,6-7H2,1-5H3. The summed E-state index contributed by atoms with van der Waals surface area (Å²) in [5.41, 5.74) is 1.06. The first-order chi connectivity index (χ1) is 11.7. The Morgan fingerprint density at radius 1 is 1.24 bits per heavy atom. The molecule has 0 saturated carbocycles. The normalized spacial score (nSPS) is 13.1. The number of hydrogen-bond acceptors (Lipinski definition) is 3. The maximum Gasteiger partial charge on any atom is 0.420 e. The molecule has 0 bridgehead atoms. The van der Waals surface area contributed by atoms with Gasteiger partial charge in [-0.15, -0.1) is 0 Å². The smallest absolute Gasteiger partial charge is 0.420 e. The number of carbonyl (C=O) groups is 1. The molecule has 138 valence electrons. The van der Waals surface area contributed by atoms with Crippen molar-refractivity contribution in [3.63, 3.8) is 0 Å². The maximum absolute atomic E-state index is 13.4. The van der Waals surface area contributed by atoms with Gasteiger partial charge in [0.05, 0.1) is 25.7 Å². The number of carbonyl (C=O) groups excluding carboxylic acids is 1. The molecule has 1 atom stereocenters. The van der Waals surface area contributed by atoms with Crippen LogP contribution in [0.15, 0.2) is 12.1 Å². The Hall–Kier alpha value is -2.18. The summed E-state index contributed by atoms with van der Waals surface area (Å²) in [4.78, 5) is 12.2. The van der Waals surface area contributed by atoms with E-state index in [1.807, 2.05) is 20.8 Å². The molecule has 1 aromatic heterocycles. The van der Waals surface area contributed by atoms with Gasteiger partial charge < -0.3 is 14.0 Å². The number of fused-ring (bicyclic) bond motifs is 1. The number of aryl methyl sites for hydroxylation is 1. The van der Waals surface area contributed by atoms with Gasteiger partial charge >= 0.3 is 12.1 Å². The molecule has 7 heteroatoms. The largest absolute Gasteiger partial charge is 0.496 e. The lowest BCUT2D eigenvalue weighted by molar-refractivity contribution is -0.142. The van der Waals surface area contributed by atoms with Crippen LogP contribution in [0.4, 0.5) is 13.2 Å². The van der Waals surface area contributed by atoms with Crippen LogP contribution in [0.5, 0.6) is 5.75 Å². The molecule has 0 spiro atoms. The van der Waals surface area contributed by atoms with E-state index in [1.54, 1.807) is 4.57 Å². The zero-order valence-corrected chi connectivity index (χ0v) is 15.0. The van der Waals surface area contributed by atoms with E-state index >= 15 is 0 Å². The molecule has 0 radical (unpaired) electrons. The van der Waals surface area contributed by atoms with E-state index in [9.17, 15) is 18.0 Å². The summed E-state index contributed by atoms with van der Waals surface area (Å²) in [5.74, 6) is -1.20. The molecule has 0 aliphatic carbocycles. The molecule has 0 aliphatic heterocycles. The Kier molecular flexibility index (Phi) is 5.34. The highest BCUT2D eigenvalue weighted by molar-refractivity contribution is 5.93. The van der Waals surface area contributed by atoms with Crippen LogP contribution in [-0.4, -0.2) is 24.8 Å². The molecule has 4 nitrogen and oxygen atoms in total. The zero-order valence-electron chi connectivity index (χ0n) is 15.0. The highest BCUT2D eigenvalue weighted by Gasteiger charge is 2.36. The second kappa shape index (κ2) is 6.98. The van der Waals surface area contributed by atoms with Gasteiger partial charge in [-0.25, -0.2) is 0 Å². The lowest BCUT2D eigenvalue weighted by Crippen LogP contribution is -2.14. The van der Waals surface area contributed by atoms with Gasteiger partial charge in [0.2, 0.25) is 0 Å². The first-order valence-corrected chi connectivity index (χ1v) is 8.06. The zero-order chi connectivity index (χ0) is 18.9. The molecule has 1 aromatic carbocycles. The summed E-state index contributed by atoms with van der Waals surface area (Å²) >= 11 is 0. The van der Waals surface area contributed by atoms with Crippen molar-refractivity contribution < 1.29 is 27.4 Å². The fraction of sp³-hybridized carbons (Fsp3) is 0.500. The third-order valence-electron chi connectivity index (χ3n) is 4.56. The quantitative estimate of drug-likeness (QED) is 0.731. The average Bonchev–Trinajstić information content (AvgIpc) is 2.84. The second-order valence-electron chi connectivity index (χ2n) is 5.79. The van der Waals surface area contributed by atoms with Crippen LogP contribution in [0.1, 0.15) is 43.0 Å². The number of methoxy groups -OCH3 is 2. The first-order valence-electron chi connectivity index (χ1n) is 8.06. The van der Waals surface area contributed by atoms with Crippen LogP contribution in [0, 0.1) is 6.92 Å². The van der Waals surface area contributed by atoms with Gasteiger partial charge in [0.25, 0.3) is 0 Å². The summed E-state index contributed by atoms with van der Waals surface area (Å²) in [5, 5.41) is 0.585. The number of alkyl halides is 3. The summed E-state index contributed by atoms with van der Waals surface area (Å²) in [7, 11) is 2.51. The molecule has 0 aliphatic rings.